The summed E-state index contributed by atoms with van der Waals surface area (Å²) in [5.74, 6) is -1.09. The summed E-state index contributed by atoms with van der Waals surface area (Å²) >= 11 is 0. The lowest BCUT2D eigenvalue weighted by Gasteiger charge is -2.05. The van der Waals surface area contributed by atoms with Gasteiger partial charge in [-0.05, 0) is 49.1 Å². The summed E-state index contributed by atoms with van der Waals surface area (Å²) < 4.78 is 0. The van der Waals surface area contributed by atoms with Gasteiger partial charge < -0.3 is 15.3 Å². The van der Waals surface area contributed by atoms with Gasteiger partial charge in [0.2, 0.25) is 0 Å². The first-order valence-corrected chi connectivity index (χ1v) is 7.06. The third-order valence-electron chi connectivity index (χ3n) is 3.37. The number of aryl methyl sites for hydroxylation is 1. The van der Waals surface area contributed by atoms with Crippen molar-refractivity contribution in [3.63, 3.8) is 0 Å². The number of carbonyl (C=O) groups is 1. The number of carboxylic acid groups (broad SMARTS) is 1. The number of carboxylic acids is 1. The zero-order valence-electron chi connectivity index (χ0n) is 12.1. The Balaban J connectivity index is 2.08. The average molecular weight is 298 g/mol. The predicted octanol–water partition coefficient (Wildman–Crippen LogP) is 3.59. The quantitative estimate of drug-likeness (QED) is 0.562. The predicted molar refractivity (Wildman–Crippen MR) is 84.8 cm³/mol. The third-order valence-corrected chi connectivity index (χ3v) is 3.37. The fourth-order valence-electron chi connectivity index (χ4n) is 2.21. The molecule has 0 saturated heterocycles. The van der Waals surface area contributed by atoms with Crippen molar-refractivity contribution in [2.45, 2.75) is 19.3 Å². The van der Waals surface area contributed by atoms with Crippen LogP contribution in [0.2, 0.25) is 0 Å². The Kier molecular flexibility index (Phi) is 5.20. The highest BCUT2D eigenvalue weighted by Gasteiger charge is 2.09. The van der Waals surface area contributed by atoms with E-state index in [0.29, 0.717) is 18.4 Å². The zero-order chi connectivity index (χ0) is 15.9. The zero-order valence-corrected chi connectivity index (χ0v) is 12.1. The SMILES string of the molecule is O=C(O)/C(=C/c1cc(O)ccc1O)CCCc1ccccc1. The van der Waals surface area contributed by atoms with E-state index in [1.165, 1.54) is 24.3 Å². The second-order valence-corrected chi connectivity index (χ2v) is 5.06. The van der Waals surface area contributed by atoms with Gasteiger partial charge in [0.15, 0.2) is 0 Å². The van der Waals surface area contributed by atoms with Gasteiger partial charge >= 0.3 is 5.97 Å². The van der Waals surface area contributed by atoms with Crippen LogP contribution in [-0.4, -0.2) is 21.3 Å². The van der Waals surface area contributed by atoms with E-state index in [1.54, 1.807) is 0 Å². The monoisotopic (exact) mass is 298 g/mol. The molecule has 0 aliphatic heterocycles. The van der Waals surface area contributed by atoms with Crippen molar-refractivity contribution in [2.75, 3.05) is 0 Å². The van der Waals surface area contributed by atoms with E-state index in [2.05, 4.69) is 0 Å². The minimum absolute atomic E-state index is 0.0157. The van der Waals surface area contributed by atoms with E-state index in [4.69, 9.17) is 0 Å². The van der Waals surface area contributed by atoms with E-state index in [-0.39, 0.29) is 17.1 Å². The molecule has 0 heterocycles. The van der Waals surface area contributed by atoms with Crippen LogP contribution in [0.4, 0.5) is 0 Å². The highest BCUT2D eigenvalue weighted by atomic mass is 16.4. The Labute approximate surface area is 129 Å². The van der Waals surface area contributed by atoms with Crippen molar-refractivity contribution in [1.82, 2.24) is 0 Å². The van der Waals surface area contributed by atoms with Crippen molar-refractivity contribution in [1.29, 1.82) is 0 Å². The van der Waals surface area contributed by atoms with Crippen molar-refractivity contribution in [2.24, 2.45) is 0 Å². The van der Waals surface area contributed by atoms with Gasteiger partial charge in [-0.25, -0.2) is 4.79 Å². The van der Waals surface area contributed by atoms with Crippen molar-refractivity contribution < 1.29 is 20.1 Å². The Morgan fingerprint density at radius 3 is 2.45 bits per heavy atom. The van der Waals surface area contributed by atoms with E-state index >= 15 is 0 Å². The minimum atomic E-state index is -1.02. The molecule has 0 unspecified atom stereocenters. The highest BCUT2D eigenvalue weighted by molar-refractivity contribution is 5.92. The third kappa shape index (κ3) is 4.38. The van der Waals surface area contributed by atoms with Gasteiger partial charge in [-0.2, -0.15) is 0 Å². The molecular weight excluding hydrogens is 280 g/mol. The number of aromatic hydroxyl groups is 2. The van der Waals surface area contributed by atoms with Gasteiger partial charge in [0.25, 0.3) is 0 Å². The van der Waals surface area contributed by atoms with Crippen molar-refractivity contribution >= 4 is 12.0 Å². The molecule has 0 aliphatic carbocycles. The van der Waals surface area contributed by atoms with Crippen LogP contribution in [0.15, 0.2) is 54.1 Å². The van der Waals surface area contributed by atoms with Crippen LogP contribution in [0.3, 0.4) is 0 Å². The van der Waals surface area contributed by atoms with E-state index in [9.17, 15) is 20.1 Å². The Morgan fingerprint density at radius 2 is 1.77 bits per heavy atom. The van der Waals surface area contributed by atoms with E-state index in [1.807, 2.05) is 30.3 Å². The molecule has 4 nitrogen and oxygen atoms in total. The summed E-state index contributed by atoms with van der Waals surface area (Å²) in [5.41, 5.74) is 1.67. The normalized spacial score (nSPS) is 11.4. The molecule has 22 heavy (non-hydrogen) atoms. The fraction of sp³-hybridized carbons (Fsp3) is 0.167. The van der Waals surface area contributed by atoms with Crippen LogP contribution >= 0.6 is 0 Å². The van der Waals surface area contributed by atoms with Gasteiger partial charge in [0.1, 0.15) is 11.5 Å². The first-order valence-electron chi connectivity index (χ1n) is 7.06. The van der Waals surface area contributed by atoms with Crippen LogP contribution in [-0.2, 0) is 11.2 Å². The lowest BCUT2D eigenvalue weighted by atomic mass is 10.0. The maximum absolute atomic E-state index is 11.3. The van der Waals surface area contributed by atoms with Crippen molar-refractivity contribution in [3.05, 3.63) is 65.2 Å². The standard InChI is InChI=1S/C18H18O4/c19-16-9-10-17(20)15(12-16)11-14(18(21)22)8-4-7-13-5-2-1-3-6-13/h1-3,5-6,9-12,19-20H,4,7-8H2,(H,21,22)/b14-11+. The van der Waals surface area contributed by atoms with Gasteiger partial charge in [0, 0.05) is 11.1 Å². The average Bonchev–Trinajstić information content (AvgIpc) is 2.50. The lowest BCUT2D eigenvalue weighted by molar-refractivity contribution is -0.132. The Hall–Kier alpha value is -2.75. The summed E-state index contributed by atoms with van der Waals surface area (Å²) in [6, 6.07) is 13.9. The van der Waals surface area contributed by atoms with Crippen LogP contribution < -0.4 is 0 Å². The molecule has 0 spiro atoms. The smallest absolute Gasteiger partial charge is 0.331 e. The number of phenols is 2. The number of hydrogen-bond acceptors (Lipinski definition) is 3. The topological polar surface area (TPSA) is 77.8 Å². The first-order chi connectivity index (χ1) is 10.6. The number of aliphatic carboxylic acids is 1. The summed E-state index contributed by atoms with van der Waals surface area (Å²) in [6.45, 7) is 0. The Bertz CT molecular complexity index is 675. The molecule has 2 rings (SSSR count). The largest absolute Gasteiger partial charge is 0.508 e. The molecule has 114 valence electrons. The molecule has 2 aromatic carbocycles. The molecule has 0 amide bonds. The molecule has 0 fully saturated rings. The summed E-state index contributed by atoms with van der Waals surface area (Å²) in [6.07, 6.45) is 3.28. The number of hydrogen-bond donors (Lipinski definition) is 3. The second kappa shape index (κ2) is 7.31. The molecule has 0 saturated carbocycles. The molecule has 0 aromatic heterocycles. The summed E-state index contributed by atoms with van der Waals surface area (Å²) in [4.78, 5) is 11.3. The molecule has 0 atom stereocenters. The van der Waals surface area contributed by atoms with Gasteiger partial charge in [-0.3, -0.25) is 0 Å². The maximum Gasteiger partial charge on any atom is 0.331 e. The molecule has 0 radical (unpaired) electrons. The van der Waals surface area contributed by atoms with Gasteiger partial charge in [-0.1, -0.05) is 30.3 Å². The number of benzene rings is 2. The lowest BCUT2D eigenvalue weighted by Crippen LogP contribution is -2.01. The molecule has 2 aromatic rings. The molecular formula is C18H18O4. The van der Waals surface area contributed by atoms with Gasteiger partial charge in [0.05, 0.1) is 0 Å². The maximum atomic E-state index is 11.3. The minimum Gasteiger partial charge on any atom is -0.508 e. The molecule has 3 N–H and O–H groups in total. The van der Waals surface area contributed by atoms with E-state index in [0.717, 1.165) is 12.0 Å². The van der Waals surface area contributed by atoms with Crippen LogP contribution in [0.1, 0.15) is 24.0 Å². The molecule has 0 bridgehead atoms. The van der Waals surface area contributed by atoms with Crippen LogP contribution in [0.5, 0.6) is 11.5 Å². The molecule has 4 heteroatoms. The van der Waals surface area contributed by atoms with Gasteiger partial charge in [-0.15, -0.1) is 0 Å². The summed E-state index contributed by atoms with van der Waals surface area (Å²) in [5, 5.41) is 28.4. The molecule has 0 aliphatic rings. The highest BCUT2D eigenvalue weighted by Crippen LogP contribution is 2.25. The second-order valence-electron chi connectivity index (χ2n) is 5.06. The summed E-state index contributed by atoms with van der Waals surface area (Å²) in [7, 11) is 0. The van der Waals surface area contributed by atoms with Crippen LogP contribution in [0.25, 0.3) is 6.08 Å². The number of rotatable bonds is 6. The first kappa shape index (κ1) is 15.6. The van der Waals surface area contributed by atoms with Crippen molar-refractivity contribution in [3.8, 4) is 11.5 Å². The van der Waals surface area contributed by atoms with E-state index < -0.39 is 5.97 Å². The van der Waals surface area contributed by atoms with Crippen LogP contribution in [0, 0.1) is 0 Å². The fourth-order valence-corrected chi connectivity index (χ4v) is 2.21. The number of phenolic OH excluding ortho intramolecular Hbond substituents is 2. The Morgan fingerprint density at radius 1 is 1.05 bits per heavy atom.